The molecule has 1 N–H and O–H groups in total. The number of nitrogens with zero attached hydrogens (tertiary/aromatic N) is 2. The Labute approximate surface area is 156 Å². The van der Waals surface area contributed by atoms with Crippen molar-refractivity contribution in [2.45, 2.75) is 18.4 Å². The second-order valence-corrected chi connectivity index (χ2v) is 6.77. The van der Waals surface area contributed by atoms with Crippen LogP contribution in [0.2, 0.25) is 0 Å². The summed E-state index contributed by atoms with van der Waals surface area (Å²) in [4.78, 5) is 29.9. The van der Waals surface area contributed by atoms with Gasteiger partial charge in [-0.25, -0.2) is 4.98 Å². The third-order valence-corrected chi connectivity index (χ3v) is 4.62. The number of aryl methyl sites for hydroxylation is 1. The van der Waals surface area contributed by atoms with E-state index in [4.69, 9.17) is 0 Å². The highest BCUT2D eigenvalue weighted by Gasteiger charge is 2.08. The van der Waals surface area contributed by atoms with Crippen LogP contribution in [0.25, 0.3) is 11.3 Å². The predicted octanol–water partition coefficient (Wildman–Crippen LogP) is 3.58. The number of carbonyl (C=O) groups is 1. The van der Waals surface area contributed by atoms with E-state index in [1.165, 1.54) is 17.0 Å². The Morgan fingerprint density at radius 3 is 2.62 bits per heavy atom. The third-order valence-electron chi connectivity index (χ3n) is 3.89. The summed E-state index contributed by atoms with van der Waals surface area (Å²) in [5.41, 5.74) is 3.06. The lowest BCUT2D eigenvalue weighted by atomic mass is 10.1. The molecular weight excluding hydrogens is 346 g/mol. The molecule has 0 aliphatic carbocycles. The Hall–Kier alpha value is -2.86. The average molecular weight is 365 g/mol. The van der Waals surface area contributed by atoms with Gasteiger partial charge in [0.25, 0.3) is 5.56 Å². The molecular formula is C20H19N3O2S. The van der Waals surface area contributed by atoms with Crippen LogP contribution >= 0.6 is 11.8 Å². The molecule has 0 aliphatic rings. The summed E-state index contributed by atoms with van der Waals surface area (Å²) in [6.07, 6.45) is 3.39. The number of nitrogens with one attached hydrogen (secondary N) is 1. The number of anilines is 1. The lowest BCUT2D eigenvalue weighted by Crippen LogP contribution is -2.27. The van der Waals surface area contributed by atoms with Gasteiger partial charge in [0.2, 0.25) is 5.91 Å². The quantitative estimate of drug-likeness (QED) is 0.702. The Kier molecular flexibility index (Phi) is 5.53. The van der Waals surface area contributed by atoms with Gasteiger partial charge in [-0.1, -0.05) is 35.9 Å². The third kappa shape index (κ3) is 4.40. The van der Waals surface area contributed by atoms with Crippen LogP contribution in [0.3, 0.4) is 0 Å². The number of amides is 1. The van der Waals surface area contributed by atoms with E-state index in [1.807, 2.05) is 61.7 Å². The number of benzene rings is 2. The molecule has 3 aromatic rings. The van der Waals surface area contributed by atoms with E-state index in [9.17, 15) is 9.59 Å². The number of hydrogen-bond donors (Lipinski definition) is 1. The molecule has 0 atom stereocenters. The molecule has 0 unspecified atom stereocenters. The maximum Gasteiger partial charge on any atom is 0.254 e. The summed E-state index contributed by atoms with van der Waals surface area (Å²) in [5.74, 6) is -0.268. The average Bonchev–Trinajstić information content (AvgIpc) is 2.64. The smallest absolute Gasteiger partial charge is 0.254 e. The van der Waals surface area contributed by atoms with Crippen molar-refractivity contribution in [3.63, 3.8) is 0 Å². The van der Waals surface area contributed by atoms with Crippen LogP contribution in [0.4, 0.5) is 5.69 Å². The van der Waals surface area contributed by atoms with E-state index in [0.717, 1.165) is 16.0 Å². The van der Waals surface area contributed by atoms with Crippen molar-refractivity contribution in [3.05, 3.63) is 76.8 Å². The zero-order chi connectivity index (χ0) is 18.5. The maximum atomic E-state index is 12.3. The summed E-state index contributed by atoms with van der Waals surface area (Å²) in [7, 11) is 0. The zero-order valence-electron chi connectivity index (χ0n) is 14.6. The van der Waals surface area contributed by atoms with Gasteiger partial charge in [-0.3, -0.25) is 14.2 Å². The molecule has 1 aromatic heterocycles. The van der Waals surface area contributed by atoms with Gasteiger partial charge in [0.1, 0.15) is 6.54 Å². The lowest BCUT2D eigenvalue weighted by Gasteiger charge is -2.09. The van der Waals surface area contributed by atoms with Crippen LogP contribution in [0, 0.1) is 6.92 Å². The molecule has 0 fully saturated rings. The summed E-state index contributed by atoms with van der Waals surface area (Å²) in [6, 6.07) is 16.8. The van der Waals surface area contributed by atoms with Crippen LogP contribution in [0.5, 0.6) is 0 Å². The van der Waals surface area contributed by atoms with Crippen LogP contribution in [0.1, 0.15) is 5.56 Å². The zero-order valence-corrected chi connectivity index (χ0v) is 15.4. The molecule has 5 nitrogen and oxygen atoms in total. The predicted molar refractivity (Wildman–Crippen MR) is 106 cm³/mol. The number of carbonyl (C=O) groups excluding carboxylic acids is 1. The van der Waals surface area contributed by atoms with Crippen molar-refractivity contribution >= 4 is 23.4 Å². The molecule has 0 spiro atoms. The van der Waals surface area contributed by atoms with E-state index in [2.05, 4.69) is 10.3 Å². The van der Waals surface area contributed by atoms with Crippen molar-refractivity contribution in [1.29, 1.82) is 0 Å². The minimum absolute atomic E-state index is 0.0799. The molecule has 0 saturated carbocycles. The summed E-state index contributed by atoms with van der Waals surface area (Å²) in [5, 5.41) is 2.81. The Morgan fingerprint density at radius 2 is 1.92 bits per heavy atom. The molecule has 2 aromatic carbocycles. The summed E-state index contributed by atoms with van der Waals surface area (Å²) >= 11 is 1.60. The number of hydrogen-bond acceptors (Lipinski definition) is 4. The molecule has 0 radical (unpaired) electrons. The molecule has 132 valence electrons. The Morgan fingerprint density at radius 1 is 1.15 bits per heavy atom. The van der Waals surface area contributed by atoms with Crippen LogP contribution in [-0.2, 0) is 11.3 Å². The van der Waals surface area contributed by atoms with Crippen molar-refractivity contribution in [3.8, 4) is 11.3 Å². The first-order valence-corrected chi connectivity index (χ1v) is 9.35. The van der Waals surface area contributed by atoms with E-state index < -0.39 is 0 Å². The molecule has 0 aliphatic heterocycles. The molecule has 3 rings (SSSR count). The lowest BCUT2D eigenvalue weighted by molar-refractivity contribution is -0.116. The fraction of sp³-hybridized carbons (Fsp3) is 0.150. The second kappa shape index (κ2) is 8.01. The molecule has 1 heterocycles. The number of thioether (sulfide) groups is 1. The fourth-order valence-corrected chi connectivity index (χ4v) is 2.94. The molecule has 0 bridgehead atoms. The monoisotopic (exact) mass is 365 g/mol. The van der Waals surface area contributed by atoms with Gasteiger partial charge >= 0.3 is 0 Å². The van der Waals surface area contributed by atoms with Gasteiger partial charge in [0, 0.05) is 22.2 Å². The second-order valence-electron chi connectivity index (χ2n) is 5.89. The highest BCUT2D eigenvalue weighted by Crippen LogP contribution is 2.19. The minimum Gasteiger partial charge on any atom is -0.324 e. The molecule has 1 amide bonds. The number of aromatic nitrogens is 2. The molecule has 0 saturated heterocycles. The standard InChI is InChI=1S/C20H19N3O2S/c1-14-6-8-15(9-7-14)18-11-20(25)23(13-21-18)12-19(24)22-16-4-3-5-17(10-16)26-2/h3-11,13H,12H2,1-2H3,(H,22,24). The van der Waals surface area contributed by atoms with Gasteiger partial charge in [0.05, 0.1) is 12.0 Å². The minimum atomic E-state index is -0.268. The van der Waals surface area contributed by atoms with Gasteiger partial charge in [0.15, 0.2) is 0 Å². The molecule has 6 heteroatoms. The first kappa shape index (κ1) is 17.9. The van der Waals surface area contributed by atoms with Crippen molar-refractivity contribution < 1.29 is 4.79 Å². The maximum absolute atomic E-state index is 12.3. The highest BCUT2D eigenvalue weighted by molar-refractivity contribution is 7.98. The first-order valence-electron chi connectivity index (χ1n) is 8.12. The van der Waals surface area contributed by atoms with E-state index >= 15 is 0 Å². The van der Waals surface area contributed by atoms with Crippen molar-refractivity contribution in [2.75, 3.05) is 11.6 Å². The fourth-order valence-electron chi connectivity index (χ4n) is 2.48. The summed E-state index contributed by atoms with van der Waals surface area (Å²) in [6.45, 7) is 1.92. The summed E-state index contributed by atoms with van der Waals surface area (Å²) < 4.78 is 1.30. The van der Waals surface area contributed by atoms with E-state index in [0.29, 0.717) is 11.4 Å². The normalized spacial score (nSPS) is 10.5. The van der Waals surface area contributed by atoms with E-state index in [-0.39, 0.29) is 18.0 Å². The number of rotatable bonds is 5. The highest BCUT2D eigenvalue weighted by atomic mass is 32.2. The van der Waals surface area contributed by atoms with Gasteiger partial charge in [-0.15, -0.1) is 11.8 Å². The largest absolute Gasteiger partial charge is 0.324 e. The topological polar surface area (TPSA) is 64.0 Å². The first-order chi connectivity index (χ1) is 12.5. The Bertz CT molecular complexity index is 981. The SMILES string of the molecule is CSc1cccc(NC(=O)Cn2cnc(-c3ccc(C)cc3)cc2=O)c1. The van der Waals surface area contributed by atoms with Gasteiger partial charge < -0.3 is 5.32 Å². The van der Waals surface area contributed by atoms with E-state index in [1.54, 1.807) is 11.8 Å². The van der Waals surface area contributed by atoms with Gasteiger partial charge in [-0.2, -0.15) is 0 Å². The van der Waals surface area contributed by atoms with Crippen LogP contribution < -0.4 is 10.9 Å². The molecule has 26 heavy (non-hydrogen) atoms. The van der Waals surface area contributed by atoms with Crippen molar-refractivity contribution in [2.24, 2.45) is 0 Å². The van der Waals surface area contributed by atoms with Crippen LogP contribution in [0.15, 0.2) is 70.6 Å². The Balaban J connectivity index is 1.72. The van der Waals surface area contributed by atoms with Gasteiger partial charge in [-0.05, 0) is 31.4 Å². The van der Waals surface area contributed by atoms with Crippen LogP contribution in [-0.4, -0.2) is 21.7 Å². The van der Waals surface area contributed by atoms with Crippen molar-refractivity contribution in [1.82, 2.24) is 9.55 Å².